The van der Waals surface area contributed by atoms with Crippen molar-refractivity contribution in [3.63, 3.8) is 0 Å². The summed E-state index contributed by atoms with van der Waals surface area (Å²) in [6.07, 6.45) is -1.66. The van der Waals surface area contributed by atoms with Crippen LogP contribution in [0.15, 0.2) is 72.9 Å². The van der Waals surface area contributed by atoms with Crippen molar-refractivity contribution < 1.29 is 32.3 Å². The number of pyridine rings is 1. The molecule has 0 spiro atoms. The van der Waals surface area contributed by atoms with Crippen LogP contribution in [0.3, 0.4) is 0 Å². The Morgan fingerprint density at radius 2 is 1.65 bits per heavy atom. The van der Waals surface area contributed by atoms with Crippen LogP contribution < -0.4 is 35.8 Å². The summed E-state index contributed by atoms with van der Waals surface area (Å²) in [4.78, 5) is 49.7. The molecule has 7 rings (SSSR count). The lowest BCUT2D eigenvalue weighted by Crippen LogP contribution is -2.53. The van der Waals surface area contributed by atoms with Gasteiger partial charge in [0.25, 0.3) is 5.91 Å². The Kier molecular flexibility index (Phi) is 12.8. The zero-order chi connectivity index (χ0) is 42.6. The van der Waals surface area contributed by atoms with Gasteiger partial charge in [-0.15, -0.1) is 0 Å². The van der Waals surface area contributed by atoms with Crippen LogP contribution in [0.5, 0.6) is 5.75 Å². The molecule has 0 unspecified atom stereocenters. The van der Waals surface area contributed by atoms with Gasteiger partial charge in [0, 0.05) is 88.5 Å². The number of para-hydroxylation sites is 1. The number of likely N-dealkylation sites (tertiary alicyclic amines) is 1. The minimum atomic E-state index is -4.70. The fraction of sp³-hybridized carbons (Fsp3) is 0.409. The molecule has 60 heavy (non-hydrogen) atoms. The molecule has 0 atom stereocenters. The molecule has 3 aliphatic heterocycles. The highest BCUT2D eigenvalue weighted by molar-refractivity contribution is 6.05. The van der Waals surface area contributed by atoms with E-state index in [9.17, 15) is 27.6 Å². The number of ether oxygens (including phenoxy) is 1. The number of imide groups is 1. The molecule has 0 saturated carbocycles. The SMILES string of the molecule is CNC(=O)c1ccccc1Nc1cc(Nc2cc(C)c(N3CCN(C4CCN(Cc5cccc(N6CCC(=O)NC6=O)c5)CC4)CC3)cc2OC(C)C)ncc1C(F)(F)F. The molecule has 0 bridgehead atoms. The Hall–Kier alpha value is -5.87. The average Bonchev–Trinajstić information content (AvgIpc) is 3.22. The number of urea groups is 1. The van der Waals surface area contributed by atoms with Gasteiger partial charge in [0.15, 0.2) is 0 Å². The van der Waals surface area contributed by atoms with E-state index in [0.717, 1.165) is 87.4 Å². The number of nitrogens with zero attached hydrogens (tertiary/aromatic N) is 5. The van der Waals surface area contributed by atoms with Crippen molar-refractivity contribution in [1.29, 1.82) is 0 Å². The normalized spacial score (nSPS) is 17.1. The number of carbonyl (C=O) groups excluding carboxylic acids is 3. The predicted octanol–water partition coefficient (Wildman–Crippen LogP) is 7.28. The molecule has 4 aromatic rings. The van der Waals surface area contributed by atoms with E-state index in [0.29, 0.717) is 30.4 Å². The highest BCUT2D eigenvalue weighted by atomic mass is 19.4. The lowest BCUT2D eigenvalue weighted by molar-refractivity contribution is -0.137. The second kappa shape index (κ2) is 18.2. The van der Waals surface area contributed by atoms with Gasteiger partial charge >= 0.3 is 12.2 Å². The topological polar surface area (TPSA) is 134 Å². The number of piperidine rings is 1. The summed E-state index contributed by atoms with van der Waals surface area (Å²) < 4.78 is 48.8. The summed E-state index contributed by atoms with van der Waals surface area (Å²) >= 11 is 0. The number of amides is 4. The highest BCUT2D eigenvalue weighted by Crippen LogP contribution is 2.40. The van der Waals surface area contributed by atoms with Crippen molar-refractivity contribution in [1.82, 2.24) is 25.4 Å². The number of anilines is 6. The lowest BCUT2D eigenvalue weighted by atomic mass is 10.0. The zero-order valence-corrected chi connectivity index (χ0v) is 34.4. The number of benzene rings is 3. The maximum Gasteiger partial charge on any atom is 0.419 e. The van der Waals surface area contributed by atoms with Crippen LogP contribution >= 0.6 is 0 Å². The van der Waals surface area contributed by atoms with E-state index in [2.05, 4.69) is 47.0 Å². The van der Waals surface area contributed by atoms with E-state index in [1.165, 1.54) is 19.2 Å². The molecule has 3 saturated heterocycles. The van der Waals surface area contributed by atoms with Gasteiger partial charge in [-0.2, -0.15) is 13.2 Å². The number of nitrogens with one attached hydrogen (secondary N) is 4. The van der Waals surface area contributed by atoms with Crippen molar-refractivity contribution in [3.05, 3.63) is 95.2 Å². The van der Waals surface area contributed by atoms with Crippen molar-refractivity contribution in [2.45, 2.75) is 64.9 Å². The Morgan fingerprint density at radius 1 is 0.900 bits per heavy atom. The Bertz CT molecular complexity index is 2200. The van der Waals surface area contributed by atoms with Crippen molar-refractivity contribution in [2.24, 2.45) is 0 Å². The van der Waals surface area contributed by atoms with E-state index in [1.807, 2.05) is 51.1 Å². The predicted molar refractivity (Wildman–Crippen MR) is 227 cm³/mol. The fourth-order valence-corrected chi connectivity index (χ4v) is 8.19. The van der Waals surface area contributed by atoms with Crippen molar-refractivity contribution in [3.8, 4) is 5.75 Å². The maximum absolute atomic E-state index is 14.2. The summed E-state index contributed by atoms with van der Waals surface area (Å²) in [5.74, 6) is 0.0486. The molecule has 16 heteroatoms. The fourth-order valence-electron chi connectivity index (χ4n) is 8.19. The summed E-state index contributed by atoms with van der Waals surface area (Å²) in [6.45, 7) is 12.5. The Balaban J connectivity index is 0.990. The number of rotatable bonds is 12. The Labute approximate surface area is 348 Å². The van der Waals surface area contributed by atoms with Crippen LogP contribution in [0.1, 0.15) is 60.2 Å². The summed E-state index contributed by atoms with van der Waals surface area (Å²) in [7, 11) is 1.46. The largest absolute Gasteiger partial charge is 0.489 e. The van der Waals surface area contributed by atoms with Gasteiger partial charge in [0.2, 0.25) is 5.91 Å². The summed E-state index contributed by atoms with van der Waals surface area (Å²) in [5.41, 5.74) is 3.73. The van der Waals surface area contributed by atoms with Crippen molar-refractivity contribution >= 4 is 52.1 Å². The third kappa shape index (κ3) is 9.93. The first kappa shape index (κ1) is 42.3. The van der Waals surface area contributed by atoms with Crippen LogP contribution in [0.4, 0.5) is 52.2 Å². The molecule has 318 valence electrons. The molecule has 4 heterocycles. The second-order valence-electron chi connectivity index (χ2n) is 15.7. The van der Waals surface area contributed by atoms with Gasteiger partial charge in [-0.05, 0) is 88.2 Å². The van der Waals surface area contributed by atoms with Crippen LogP contribution in [0, 0.1) is 6.92 Å². The van der Waals surface area contributed by atoms with Gasteiger partial charge < -0.3 is 25.6 Å². The quantitative estimate of drug-likeness (QED) is 0.116. The zero-order valence-electron chi connectivity index (χ0n) is 34.4. The van der Waals surface area contributed by atoms with Gasteiger partial charge in [0.1, 0.15) is 11.6 Å². The average molecular weight is 828 g/mol. The summed E-state index contributed by atoms with van der Waals surface area (Å²) in [6, 6.07) is 19.7. The van der Waals surface area contributed by atoms with E-state index >= 15 is 0 Å². The van der Waals surface area contributed by atoms with Crippen LogP contribution in [0.2, 0.25) is 0 Å². The van der Waals surface area contributed by atoms with Gasteiger partial charge in [0.05, 0.1) is 34.3 Å². The first-order valence-electron chi connectivity index (χ1n) is 20.4. The molecule has 3 aliphatic rings. The molecular formula is C44H52F3N9O4. The van der Waals surface area contributed by atoms with E-state index in [1.54, 1.807) is 23.1 Å². The monoisotopic (exact) mass is 827 g/mol. The summed E-state index contributed by atoms with van der Waals surface area (Å²) in [5, 5.41) is 11.0. The number of hydrogen-bond acceptors (Lipinski definition) is 10. The molecular weight excluding hydrogens is 776 g/mol. The minimum Gasteiger partial charge on any atom is -0.489 e. The van der Waals surface area contributed by atoms with Gasteiger partial charge in [-0.1, -0.05) is 24.3 Å². The van der Waals surface area contributed by atoms with E-state index < -0.39 is 17.6 Å². The number of piperazine rings is 1. The van der Waals surface area contributed by atoms with Crippen LogP contribution in [-0.4, -0.2) is 97.6 Å². The molecule has 4 amide bonds. The molecule has 1 aromatic heterocycles. The smallest absolute Gasteiger partial charge is 0.419 e. The highest BCUT2D eigenvalue weighted by Gasteiger charge is 2.35. The Morgan fingerprint density at radius 3 is 2.35 bits per heavy atom. The first-order chi connectivity index (χ1) is 28.7. The number of carbonyl (C=O) groups is 3. The standard InChI is InChI=1S/C44H52F3N9O4/c1-28(2)60-39-25-38(29(3)22-37(39)51-40-24-36(34(26-49-40)44(45,46)47)50-35-11-6-5-10-33(35)42(58)48-4)55-20-18-54(19-21-55)31-12-15-53(16-13-31)27-30-8-7-9-32(23-30)56-17-14-41(57)52-43(56)59/h5-11,22-26,28,31H,12-21,27H2,1-4H3,(H,48,58)(H2,49,50,51)(H,52,57,59). The molecule has 3 fully saturated rings. The first-order valence-corrected chi connectivity index (χ1v) is 20.4. The van der Waals surface area contributed by atoms with E-state index in [-0.39, 0.29) is 40.8 Å². The molecule has 13 nitrogen and oxygen atoms in total. The number of alkyl halides is 3. The maximum atomic E-state index is 14.2. The minimum absolute atomic E-state index is 0.169. The number of hydrogen-bond donors (Lipinski definition) is 4. The third-order valence-electron chi connectivity index (χ3n) is 11.2. The van der Waals surface area contributed by atoms with Gasteiger partial charge in [-0.25, -0.2) is 9.78 Å². The van der Waals surface area contributed by atoms with Crippen molar-refractivity contribution in [2.75, 3.05) is 73.3 Å². The second-order valence-corrected chi connectivity index (χ2v) is 15.7. The number of halogens is 3. The van der Waals surface area contributed by atoms with Gasteiger partial charge in [-0.3, -0.25) is 29.6 Å². The number of aromatic nitrogens is 1. The lowest BCUT2D eigenvalue weighted by Gasteiger charge is -2.43. The molecule has 4 N–H and O–H groups in total. The molecule has 0 aliphatic carbocycles. The molecule has 3 aromatic carbocycles. The third-order valence-corrected chi connectivity index (χ3v) is 11.2. The molecule has 0 radical (unpaired) electrons. The van der Waals surface area contributed by atoms with Crippen LogP contribution in [-0.2, 0) is 17.5 Å². The van der Waals surface area contributed by atoms with Crippen LogP contribution in [0.25, 0.3) is 0 Å². The van der Waals surface area contributed by atoms with E-state index in [4.69, 9.17) is 4.74 Å². The number of aryl methyl sites for hydroxylation is 1.